The molecule has 3 heterocycles. The van der Waals surface area contributed by atoms with Gasteiger partial charge < -0.3 is 24.4 Å². The topological polar surface area (TPSA) is 85.8 Å². The Kier molecular flexibility index (Phi) is 13.5. The van der Waals surface area contributed by atoms with Crippen LogP contribution in [0.3, 0.4) is 0 Å². The van der Waals surface area contributed by atoms with E-state index in [4.69, 9.17) is 51.2 Å². The zero-order valence-corrected chi connectivity index (χ0v) is 31.2. The van der Waals surface area contributed by atoms with Crippen LogP contribution in [0.4, 0.5) is 0 Å². The third-order valence-electron chi connectivity index (χ3n) is 10.0. The molecule has 0 radical (unpaired) electrons. The summed E-state index contributed by atoms with van der Waals surface area (Å²) in [6, 6.07) is 10.5. The molecule has 3 aliphatic rings. The molecule has 3 fully saturated rings. The van der Waals surface area contributed by atoms with Crippen molar-refractivity contribution in [3.63, 3.8) is 0 Å². The second-order valence-corrected chi connectivity index (χ2v) is 15.0. The smallest absolute Gasteiger partial charge is 0.254 e. The van der Waals surface area contributed by atoms with Crippen molar-refractivity contribution < 1.29 is 19.2 Å². The molecule has 5 rings (SSSR count). The average molecular weight is 754 g/mol. The highest BCUT2D eigenvalue weighted by atomic mass is 35.5. The van der Waals surface area contributed by atoms with Crippen LogP contribution in [-0.2, 0) is 14.4 Å². The van der Waals surface area contributed by atoms with E-state index in [1.807, 2.05) is 17.0 Å². The summed E-state index contributed by atoms with van der Waals surface area (Å²) in [6.45, 7) is 5.07. The van der Waals surface area contributed by atoms with E-state index in [-0.39, 0.29) is 42.1 Å². The number of amides is 3. The summed E-state index contributed by atoms with van der Waals surface area (Å²) < 4.78 is 0. The number of nitrogens with zero attached hydrogens (tertiary/aromatic N) is 5. The molecule has 3 saturated heterocycles. The molecule has 9 nitrogen and oxygen atoms in total. The van der Waals surface area contributed by atoms with Gasteiger partial charge in [0, 0.05) is 79.7 Å². The Morgan fingerprint density at radius 3 is 2.27 bits per heavy atom. The first-order valence-electron chi connectivity index (χ1n) is 17.1. The first-order chi connectivity index (χ1) is 23.5. The van der Waals surface area contributed by atoms with Gasteiger partial charge in [-0.05, 0) is 87.4 Å². The van der Waals surface area contributed by atoms with E-state index in [0.717, 1.165) is 83.4 Å². The number of benzene rings is 2. The normalized spacial score (nSPS) is 20.1. The van der Waals surface area contributed by atoms with Crippen molar-refractivity contribution in [3.8, 4) is 0 Å². The third kappa shape index (κ3) is 9.82. The molecular weight excluding hydrogens is 708 g/mol. The number of carbonyl (C=O) groups is 3. The number of oxime groups is 1. The van der Waals surface area contributed by atoms with Crippen LogP contribution in [0, 0.1) is 5.92 Å². The number of rotatable bonds is 12. The fourth-order valence-corrected chi connectivity index (χ4v) is 8.22. The molecule has 2 atom stereocenters. The minimum Gasteiger partial charge on any atom is -0.399 e. The van der Waals surface area contributed by atoms with Crippen molar-refractivity contribution in [2.75, 3.05) is 60.0 Å². The van der Waals surface area contributed by atoms with E-state index in [0.29, 0.717) is 44.2 Å². The van der Waals surface area contributed by atoms with Gasteiger partial charge in [-0.25, -0.2) is 0 Å². The molecule has 0 spiro atoms. The van der Waals surface area contributed by atoms with Crippen LogP contribution in [0.15, 0.2) is 41.6 Å². The van der Waals surface area contributed by atoms with Crippen LogP contribution in [-0.4, -0.2) is 109 Å². The Morgan fingerprint density at radius 1 is 0.918 bits per heavy atom. The van der Waals surface area contributed by atoms with Gasteiger partial charge >= 0.3 is 0 Å². The molecule has 266 valence electrons. The fourth-order valence-electron chi connectivity index (χ4n) is 7.39. The second kappa shape index (κ2) is 17.6. The molecule has 0 saturated carbocycles. The van der Waals surface area contributed by atoms with E-state index < -0.39 is 0 Å². The van der Waals surface area contributed by atoms with Crippen LogP contribution < -0.4 is 0 Å². The Labute approximate surface area is 309 Å². The molecule has 3 aliphatic heterocycles. The SMILES string of the molecule is CO/N=C(\CN(C)C(=O)c1cc(Cl)cc(Cl)c1)C(CCN1CCC(N2CCCC(CC(=O)N3CCCC3)C2=O)CC1)c1ccc(Cl)c(Cl)c1. The minimum atomic E-state index is -0.252. The van der Waals surface area contributed by atoms with Gasteiger partial charge in [0.05, 0.1) is 22.3 Å². The molecular formula is C36H45Cl4N5O4. The monoisotopic (exact) mass is 751 g/mol. The lowest BCUT2D eigenvalue weighted by molar-refractivity contribution is -0.146. The first kappa shape index (κ1) is 37.7. The van der Waals surface area contributed by atoms with Crippen LogP contribution in [0.5, 0.6) is 0 Å². The van der Waals surface area contributed by atoms with Crippen LogP contribution in [0.2, 0.25) is 20.1 Å². The molecule has 2 aromatic rings. The number of halogens is 4. The molecule has 3 amide bonds. The summed E-state index contributed by atoms with van der Waals surface area (Å²) in [4.78, 5) is 53.0. The van der Waals surface area contributed by atoms with Crippen LogP contribution in [0.1, 0.15) is 73.2 Å². The molecule has 13 heteroatoms. The summed E-state index contributed by atoms with van der Waals surface area (Å²) in [6.07, 6.45) is 6.65. The van der Waals surface area contributed by atoms with Crippen molar-refractivity contribution in [2.45, 2.75) is 63.3 Å². The largest absolute Gasteiger partial charge is 0.399 e. The minimum absolute atomic E-state index is 0.129. The molecule has 0 N–H and O–H groups in total. The van der Waals surface area contributed by atoms with Crippen molar-refractivity contribution in [3.05, 3.63) is 67.6 Å². The zero-order valence-electron chi connectivity index (χ0n) is 28.2. The van der Waals surface area contributed by atoms with Gasteiger partial charge in [0.2, 0.25) is 11.8 Å². The van der Waals surface area contributed by atoms with Crippen LogP contribution >= 0.6 is 46.4 Å². The quantitative estimate of drug-likeness (QED) is 0.168. The number of likely N-dealkylation sites (tertiary alicyclic amines) is 3. The van der Waals surface area contributed by atoms with Gasteiger partial charge in [0.1, 0.15) is 7.11 Å². The maximum atomic E-state index is 13.5. The van der Waals surface area contributed by atoms with Crippen molar-refractivity contribution >= 4 is 69.8 Å². The van der Waals surface area contributed by atoms with Gasteiger partial charge in [-0.3, -0.25) is 14.4 Å². The highest BCUT2D eigenvalue weighted by Gasteiger charge is 2.37. The summed E-state index contributed by atoms with van der Waals surface area (Å²) in [5.41, 5.74) is 1.95. The van der Waals surface area contributed by atoms with Gasteiger partial charge in [0.15, 0.2) is 0 Å². The lowest BCUT2D eigenvalue weighted by atomic mass is 9.89. The number of piperidine rings is 2. The number of hydrogen-bond donors (Lipinski definition) is 0. The Hall–Kier alpha value is -2.56. The van der Waals surface area contributed by atoms with Gasteiger partial charge in [0.25, 0.3) is 5.91 Å². The van der Waals surface area contributed by atoms with Gasteiger partial charge in [-0.15, -0.1) is 0 Å². The standard InChI is InChI=1S/C36H45Cl4N5O4/c1-42(35(47)26-18-27(37)22-28(38)19-26)23-33(41-49-2)30(24-7-8-31(39)32(40)20-24)11-17-43-15-9-29(10-16-43)45-14-5-6-25(36(45)48)21-34(46)44-12-3-4-13-44/h7-8,18-20,22,25,29-30H,3-6,9-17,21,23H2,1-2H3/b41-33+. The lowest BCUT2D eigenvalue weighted by Crippen LogP contribution is -2.52. The first-order valence-corrected chi connectivity index (χ1v) is 18.6. The predicted molar refractivity (Wildman–Crippen MR) is 196 cm³/mol. The Balaban J connectivity index is 1.22. The second-order valence-electron chi connectivity index (χ2n) is 13.3. The van der Waals surface area contributed by atoms with E-state index in [1.165, 1.54) is 7.11 Å². The third-order valence-corrected chi connectivity index (χ3v) is 11.2. The van der Waals surface area contributed by atoms with Gasteiger partial charge in [-0.1, -0.05) is 57.6 Å². The molecule has 49 heavy (non-hydrogen) atoms. The van der Waals surface area contributed by atoms with Crippen molar-refractivity contribution in [1.29, 1.82) is 0 Å². The van der Waals surface area contributed by atoms with E-state index in [2.05, 4.69) is 15.0 Å². The summed E-state index contributed by atoms with van der Waals surface area (Å²) in [7, 11) is 3.19. The maximum Gasteiger partial charge on any atom is 0.254 e. The molecule has 2 unspecified atom stereocenters. The summed E-state index contributed by atoms with van der Waals surface area (Å²) in [5.74, 6) is -0.395. The number of carbonyl (C=O) groups excluding carboxylic acids is 3. The average Bonchev–Trinajstić information content (AvgIpc) is 3.63. The fraction of sp³-hybridized carbons (Fsp3) is 0.556. The van der Waals surface area contributed by atoms with Crippen molar-refractivity contribution in [2.24, 2.45) is 11.1 Å². The van der Waals surface area contributed by atoms with E-state index >= 15 is 0 Å². The highest BCUT2D eigenvalue weighted by Crippen LogP contribution is 2.32. The molecule has 0 bridgehead atoms. The summed E-state index contributed by atoms with van der Waals surface area (Å²) >= 11 is 25.1. The van der Waals surface area contributed by atoms with E-state index in [9.17, 15) is 14.4 Å². The van der Waals surface area contributed by atoms with Crippen molar-refractivity contribution in [1.82, 2.24) is 19.6 Å². The molecule has 0 aromatic heterocycles. The summed E-state index contributed by atoms with van der Waals surface area (Å²) in [5, 5.41) is 6.06. The Morgan fingerprint density at radius 2 is 1.61 bits per heavy atom. The molecule has 0 aliphatic carbocycles. The lowest BCUT2D eigenvalue weighted by Gasteiger charge is -2.42. The zero-order chi connectivity index (χ0) is 35.1. The predicted octanol–water partition coefficient (Wildman–Crippen LogP) is 7.26. The highest BCUT2D eigenvalue weighted by molar-refractivity contribution is 6.42. The van der Waals surface area contributed by atoms with E-state index in [1.54, 1.807) is 36.2 Å². The van der Waals surface area contributed by atoms with Crippen LogP contribution in [0.25, 0.3) is 0 Å². The molecule has 2 aromatic carbocycles. The van der Waals surface area contributed by atoms with Gasteiger partial charge in [-0.2, -0.15) is 0 Å². The maximum absolute atomic E-state index is 13.5. The number of hydrogen-bond acceptors (Lipinski definition) is 6. The Bertz CT molecular complexity index is 1510.